The van der Waals surface area contributed by atoms with Gasteiger partial charge in [0.15, 0.2) is 0 Å². The van der Waals surface area contributed by atoms with Crippen molar-refractivity contribution >= 4 is 17.5 Å². The van der Waals surface area contributed by atoms with Gasteiger partial charge in [0.2, 0.25) is 5.95 Å². The number of nitrogens with two attached hydrogens (primary N) is 1. The van der Waals surface area contributed by atoms with Crippen molar-refractivity contribution in [2.75, 3.05) is 23.8 Å². The molecule has 4 aromatic rings. The number of aryl methyl sites for hydroxylation is 1. The highest BCUT2D eigenvalue weighted by Crippen LogP contribution is 2.25. The van der Waals surface area contributed by atoms with Crippen molar-refractivity contribution in [3.63, 3.8) is 0 Å². The van der Waals surface area contributed by atoms with Crippen LogP contribution in [0.15, 0.2) is 83.9 Å². The second-order valence-corrected chi connectivity index (χ2v) is 8.80. The fourth-order valence-electron chi connectivity index (χ4n) is 4.14. The zero-order chi connectivity index (χ0) is 24.8. The summed E-state index contributed by atoms with van der Waals surface area (Å²) in [5, 5.41) is 3.42. The summed E-state index contributed by atoms with van der Waals surface area (Å²) < 4.78 is 1.61. The number of hydrogen-bond donors (Lipinski definition) is 2. The molecule has 2 aromatic heterocycles. The summed E-state index contributed by atoms with van der Waals surface area (Å²) in [5.74, 6) is 1.30. The van der Waals surface area contributed by atoms with E-state index in [9.17, 15) is 4.79 Å². The summed E-state index contributed by atoms with van der Waals surface area (Å²) in [5.41, 5.74) is 10.6. The number of pyridine rings is 1. The molecule has 2 aromatic carbocycles. The molecule has 0 radical (unpaired) electrons. The second kappa shape index (κ2) is 11.0. The van der Waals surface area contributed by atoms with Crippen LogP contribution in [-0.2, 0) is 19.9 Å². The molecular weight excluding hydrogens is 436 g/mol. The summed E-state index contributed by atoms with van der Waals surface area (Å²) in [6.07, 6.45) is 5.30. The standard InChI is InChI=1S/C28H32N6O/c1-20(16-22-9-7-8-21(17-22)12-14-29)31-28-30-15-13-26(32-28)34(3)24-18-25(27(35)33(2)19-24)23-10-5-4-6-11-23/h4-11,13,15,17-20H,12,14,16,29H2,1-3H3,(H,30,31,32). The van der Waals surface area contributed by atoms with Crippen molar-refractivity contribution in [1.82, 2.24) is 14.5 Å². The summed E-state index contributed by atoms with van der Waals surface area (Å²) in [4.78, 5) is 23.9. The number of nitrogens with zero attached hydrogens (tertiary/aromatic N) is 4. The van der Waals surface area contributed by atoms with Crippen LogP contribution >= 0.6 is 0 Å². The fourth-order valence-corrected chi connectivity index (χ4v) is 4.14. The Morgan fingerprint density at radius 3 is 2.60 bits per heavy atom. The van der Waals surface area contributed by atoms with Crippen molar-refractivity contribution < 1.29 is 0 Å². The normalized spacial score (nSPS) is 11.8. The molecule has 1 atom stereocenters. The Kier molecular flexibility index (Phi) is 7.57. The van der Waals surface area contributed by atoms with E-state index < -0.39 is 0 Å². The summed E-state index contributed by atoms with van der Waals surface area (Å²) in [6.45, 7) is 2.77. The van der Waals surface area contributed by atoms with Gasteiger partial charge >= 0.3 is 0 Å². The van der Waals surface area contributed by atoms with Crippen LogP contribution in [0.25, 0.3) is 11.1 Å². The van der Waals surface area contributed by atoms with Gasteiger partial charge in [0.1, 0.15) is 5.82 Å². The quantitative estimate of drug-likeness (QED) is 0.384. The minimum Gasteiger partial charge on any atom is -0.351 e. The molecule has 0 saturated carbocycles. The number of anilines is 3. The van der Waals surface area contributed by atoms with E-state index in [-0.39, 0.29) is 11.6 Å². The molecule has 0 amide bonds. The lowest BCUT2D eigenvalue weighted by Crippen LogP contribution is -2.22. The third kappa shape index (κ3) is 5.94. The summed E-state index contributed by atoms with van der Waals surface area (Å²) in [6, 6.07) is 22.1. The van der Waals surface area contributed by atoms with Gasteiger partial charge in [-0.25, -0.2) is 4.98 Å². The first-order chi connectivity index (χ1) is 16.9. The molecule has 35 heavy (non-hydrogen) atoms. The molecule has 0 aliphatic rings. The van der Waals surface area contributed by atoms with Crippen LogP contribution in [0.5, 0.6) is 0 Å². The zero-order valence-electron chi connectivity index (χ0n) is 20.5. The van der Waals surface area contributed by atoms with Gasteiger partial charge in [0.25, 0.3) is 5.56 Å². The van der Waals surface area contributed by atoms with Gasteiger partial charge in [-0.3, -0.25) is 4.79 Å². The van der Waals surface area contributed by atoms with E-state index in [0.717, 1.165) is 29.9 Å². The maximum atomic E-state index is 12.8. The van der Waals surface area contributed by atoms with Crippen LogP contribution in [0, 0.1) is 0 Å². The molecule has 2 heterocycles. The van der Waals surface area contributed by atoms with Gasteiger partial charge in [-0.2, -0.15) is 4.98 Å². The molecule has 0 spiro atoms. The van der Waals surface area contributed by atoms with Gasteiger partial charge in [-0.15, -0.1) is 0 Å². The second-order valence-electron chi connectivity index (χ2n) is 8.80. The molecule has 0 bridgehead atoms. The molecule has 180 valence electrons. The summed E-state index contributed by atoms with van der Waals surface area (Å²) in [7, 11) is 3.70. The van der Waals surface area contributed by atoms with Crippen LogP contribution in [0.1, 0.15) is 18.1 Å². The number of benzene rings is 2. The van der Waals surface area contributed by atoms with E-state index in [1.807, 2.05) is 60.6 Å². The first-order valence-electron chi connectivity index (χ1n) is 11.8. The van der Waals surface area contributed by atoms with E-state index in [0.29, 0.717) is 18.1 Å². The third-order valence-corrected chi connectivity index (χ3v) is 5.97. The maximum absolute atomic E-state index is 12.8. The minimum absolute atomic E-state index is 0.0391. The average molecular weight is 469 g/mol. The van der Waals surface area contributed by atoms with Crippen LogP contribution in [0.2, 0.25) is 0 Å². The zero-order valence-corrected chi connectivity index (χ0v) is 20.5. The number of nitrogens with one attached hydrogen (secondary N) is 1. The highest BCUT2D eigenvalue weighted by molar-refractivity contribution is 5.70. The molecule has 3 N–H and O–H groups in total. The van der Waals surface area contributed by atoms with E-state index in [4.69, 9.17) is 10.7 Å². The predicted molar refractivity (Wildman–Crippen MR) is 143 cm³/mol. The van der Waals surface area contributed by atoms with Gasteiger partial charge in [-0.05, 0) is 55.1 Å². The Bertz CT molecular complexity index is 1330. The Morgan fingerprint density at radius 2 is 1.83 bits per heavy atom. The number of rotatable bonds is 9. The van der Waals surface area contributed by atoms with E-state index >= 15 is 0 Å². The molecule has 4 rings (SSSR count). The molecule has 7 nitrogen and oxygen atoms in total. The smallest absolute Gasteiger partial charge is 0.258 e. The van der Waals surface area contributed by atoms with Gasteiger partial charge in [-0.1, -0.05) is 54.6 Å². The number of aromatic nitrogens is 3. The van der Waals surface area contributed by atoms with Crippen molar-refractivity contribution in [3.8, 4) is 11.1 Å². The van der Waals surface area contributed by atoms with Crippen molar-refractivity contribution in [1.29, 1.82) is 0 Å². The van der Waals surface area contributed by atoms with Crippen molar-refractivity contribution in [2.24, 2.45) is 12.8 Å². The summed E-state index contributed by atoms with van der Waals surface area (Å²) >= 11 is 0. The van der Waals surface area contributed by atoms with Crippen LogP contribution in [-0.4, -0.2) is 34.2 Å². The topological polar surface area (TPSA) is 89.1 Å². The minimum atomic E-state index is -0.0391. The Morgan fingerprint density at radius 1 is 1.06 bits per heavy atom. The molecule has 0 aliphatic carbocycles. The van der Waals surface area contributed by atoms with E-state index in [2.05, 4.69) is 41.5 Å². The van der Waals surface area contributed by atoms with E-state index in [1.165, 1.54) is 11.1 Å². The molecular formula is C28H32N6O. The lowest BCUT2D eigenvalue weighted by molar-refractivity contribution is 0.775. The fraction of sp³-hybridized carbons (Fsp3) is 0.250. The average Bonchev–Trinajstić information content (AvgIpc) is 2.86. The molecule has 0 saturated heterocycles. The van der Waals surface area contributed by atoms with Crippen LogP contribution in [0.3, 0.4) is 0 Å². The highest BCUT2D eigenvalue weighted by Gasteiger charge is 2.13. The lowest BCUT2D eigenvalue weighted by atomic mass is 10.0. The molecule has 1 unspecified atom stereocenters. The van der Waals surface area contributed by atoms with Crippen LogP contribution in [0.4, 0.5) is 17.5 Å². The first-order valence-corrected chi connectivity index (χ1v) is 11.8. The van der Waals surface area contributed by atoms with Gasteiger partial charge < -0.3 is 20.5 Å². The van der Waals surface area contributed by atoms with Gasteiger partial charge in [0.05, 0.1) is 5.69 Å². The van der Waals surface area contributed by atoms with Crippen molar-refractivity contribution in [2.45, 2.75) is 25.8 Å². The lowest BCUT2D eigenvalue weighted by Gasteiger charge is -2.21. The molecule has 0 aliphatic heterocycles. The van der Waals surface area contributed by atoms with E-state index in [1.54, 1.807) is 17.8 Å². The Hall–Kier alpha value is -3.97. The highest BCUT2D eigenvalue weighted by atomic mass is 16.1. The monoisotopic (exact) mass is 468 g/mol. The third-order valence-electron chi connectivity index (χ3n) is 5.97. The number of hydrogen-bond acceptors (Lipinski definition) is 6. The predicted octanol–water partition coefficient (Wildman–Crippen LogP) is 4.15. The Balaban J connectivity index is 1.52. The molecule has 7 heteroatoms. The first kappa shape index (κ1) is 24.2. The molecule has 0 fully saturated rings. The van der Waals surface area contributed by atoms with Crippen LogP contribution < -0.4 is 21.5 Å². The SMILES string of the molecule is CC(Cc1cccc(CCN)c1)Nc1nccc(N(C)c2cc(-c3ccccc3)c(=O)n(C)c2)n1. The van der Waals surface area contributed by atoms with Gasteiger partial charge in [0, 0.05) is 38.1 Å². The maximum Gasteiger partial charge on any atom is 0.258 e. The van der Waals surface area contributed by atoms with Crippen molar-refractivity contribution in [3.05, 3.63) is 101 Å². The Labute approximate surface area is 206 Å². The largest absolute Gasteiger partial charge is 0.351 e.